The van der Waals surface area contributed by atoms with Crippen LogP contribution in [0.5, 0.6) is 0 Å². The lowest BCUT2D eigenvalue weighted by Crippen LogP contribution is -2.46. The molecule has 0 saturated heterocycles. The van der Waals surface area contributed by atoms with Gasteiger partial charge in [0.1, 0.15) is 5.69 Å². The van der Waals surface area contributed by atoms with E-state index in [9.17, 15) is 14.7 Å². The van der Waals surface area contributed by atoms with Crippen molar-refractivity contribution in [2.45, 2.75) is 73.0 Å². The Bertz CT molecular complexity index is 1970. The number of fused-ring (bicyclic) bond motifs is 3. The van der Waals surface area contributed by atoms with Crippen molar-refractivity contribution in [1.82, 2.24) is 19.2 Å². The Morgan fingerprint density at radius 1 is 1.06 bits per heavy atom. The zero-order valence-electron chi connectivity index (χ0n) is 27.7. The first-order valence-corrected chi connectivity index (χ1v) is 16.8. The number of carbonyl (C=O) groups excluding carboxylic acids is 1. The summed E-state index contributed by atoms with van der Waals surface area (Å²) in [6, 6.07) is 10.6. The smallest absolute Gasteiger partial charge is 0.335 e. The van der Waals surface area contributed by atoms with Crippen molar-refractivity contribution in [2.75, 3.05) is 6.61 Å². The number of carboxylic acid groups (broad SMARTS) is 1. The maximum Gasteiger partial charge on any atom is 0.335 e. The van der Waals surface area contributed by atoms with E-state index >= 15 is 0 Å². The first-order chi connectivity index (χ1) is 22.4. The normalized spacial score (nSPS) is 18.2. The molecule has 2 aliphatic rings. The van der Waals surface area contributed by atoms with Gasteiger partial charge in [-0.2, -0.15) is 5.10 Å². The van der Waals surface area contributed by atoms with Crippen molar-refractivity contribution < 1.29 is 19.4 Å². The summed E-state index contributed by atoms with van der Waals surface area (Å²) in [7, 11) is 1.93. The number of aromatic nitrogens is 3. The maximum atomic E-state index is 14.6. The van der Waals surface area contributed by atoms with Gasteiger partial charge in [-0.15, -0.1) is 0 Å². The molecule has 246 valence electrons. The summed E-state index contributed by atoms with van der Waals surface area (Å²) in [4.78, 5) is 27.8. The summed E-state index contributed by atoms with van der Waals surface area (Å²) in [5, 5.41) is 16.5. The second kappa shape index (κ2) is 12.9. The standard InChI is InChI=1S/C37H40Cl2N4O4/c1-20-16-27(17-21(2)33(20)39)47-15-7-8-28-29-13-14-30(38)32(31-23(4)40-41(6)24(31)5)34(29)43-18-22(3)42(36(44)35(28)43)19-25-9-11-26(12-10-25)37(45)46/h9-14,16,21-22H,7-8,15,17-19H2,1-6H3,(H,45,46)/t21?,22-/m1/s1. The number of carboxylic acids is 1. The van der Waals surface area contributed by atoms with E-state index in [2.05, 4.69) is 23.5 Å². The van der Waals surface area contributed by atoms with E-state index in [1.54, 1.807) is 24.3 Å². The van der Waals surface area contributed by atoms with E-state index in [0.717, 1.165) is 73.8 Å². The van der Waals surface area contributed by atoms with E-state index in [1.807, 2.05) is 55.6 Å². The minimum absolute atomic E-state index is 0.0564. The lowest BCUT2D eigenvalue weighted by molar-refractivity contribution is 0.0595. The Morgan fingerprint density at radius 2 is 1.79 bits per heavy atom. The van der Waals surface area contributed by atoms with Gasteiger partial charge in [-0.3, -0.25) is 9.48 Å². The van der Waals surface area contributed by atoms with Crippen LogP contribution in [0.1, 0.15) is 77.0 Å². The van der Waals surface area contributed by atoms with E-state index in [1.165, 1.54) is 0 Å². The summed E-state index contributed by atoms with van der Waals surface area (Å²) in [6.45, 7) is 11.7. The highest BCUT2D eigenvalue weighted by Gasteiger charge is 2.36. The van der Waals surface area contributed by atoms with E-state index in [0.29, 0.717) is 36.8 Å². The number of ether oxygens (including phenoxy) is 1. The van der Waals surface area contributed by atoms with Crippen LogP contribution in [0, 0.1) is 19.8 Å². The summed E-state index contributed by atoms with van der Waals surface area (Å²) >= 11 is 13.4. The van der Waals surface area contributed by atoms with Crippen LogP contribution in [0.2, 0.25) is 5.02 Å². The number of aryl methyl sites for hydroxylation is 3. The number of hydrogen-bond donors (Lipinski definition) is 1. The minimum Gasteiger partial charge on any atom is -0.498 e. The van der Waals surface area contributed by atoms with Gasteiger partial charge < -0.3 is 19.3 Å². The highest BCUT2D eigenvalue weighted by atomic mass is 35.5. The fourth-order valence-corrected chi connectivity index (χ4v) is 7.50. The van der Waals surface area contributed by atoms with Crippen molar-refractivity contribution in [3.05, 3.63) is 97.6 Å². The molecule has 10 heteroatoms. The number of nitrogens with zero attached hydrogens (tertiary/aromatic N) is 4. The third kappa shape index (κ3) is 5.98. The SMILES string of the molecule is CC1=C(Cl)C(C)CC(OCCCc2c3n(c4c(-c5c(C)nn(C)c5C)c(Cl)ccc24)C[C@@H](C)N(Cc2ccc(C(=O)O)cc2)C3=O)=C1. The van der Waals surface area contributed by atoms with Gasteiger partial charge in [0.2, 0.25) is 0 Å². The molecule has 1 aliphatic heterocycles. The number of allylic oxidation sites excluding steroid dienone is 4. The van der Waals surface area contributed by atoms with Gasteiger partial charge >= 0.3 is 5.97 Å². The molecule has 0 radical (unpaired) electrons. The van der Waals surface area contributed by atoms with Crippen molar-refractivity contribution in [2.24, 2.45) is 13.0 Å². The van der Waals surface area contributed by atoms with Crippen LogP contribution in [-0.2, 0) is 31.3 Å². The number of carbonyl (C=O) groups is 2. The molecule has 0 spiro atoms. The molecule has 6 rings (SSSR count). The molecule has 1 amide bonds. The van der Waals surface area contributed by atoms with Crippen LogP contribution in [0.15, 0.2) is 58.8 Å². The summed E-state index contributed by atoms with van der Waals surface area (Å²) in [5.74, 6) is 0.131. The summed E-state index contributed by atoms with van der Waals surface area (Å²) in [6.07, 6.45) is 4.16. The maximum absolute atomic E-state index is 14.6. The predicted octanol–water partition coefficient (Wildman–Crippen LogP) is 8.44. The van der Waals surface area contributed by atoms with Crippen molar-refractivity contribution >= 4 is 46.0 Å². The van der Waals surface area contributed by atoms with Gasteiger partial charge in [-0.05, 0) is 87.4 Å². The van der Waals surface area contributed by atoms with Crippen LogP contribution in [0.25, 0.3) is 22.0 Å². The molecule has 3 heterocycles. The number of amides is 1. The van der Waals surface area contributed by atoms with Crippen LogP contribution in [0.3, 0.4) is 0 Å². The first kappa shape index (κ1) is 32.9. The van der Waals surface area contributed by atoms with Crippen molar-refractivity contribution in [3.8, 4) is 11.1 Å². The predicted molar refractivity (Wildman–Crippen MR) is 186 cm³/mol. The van der Waals surface area contributed by atoms with E-state index in [-0.39, 0.29) is 23.4 Å². The molecule has 8 nitrogen and oxygen atoms in total. The third-order valence-corrected chi connectivity index (χ3v) is 10.6. The van der Waals surface area contributed by atoms with E-state index < -0.39 is 5.97 Å². The lowest BCUT2D eigenvalue weighted by Gasteiger charge is -2.35. The number of halogens is 2. The highest BCUT2D eigenvalue weighted by molar-refractivity contribution is 6.35. The number of rotatable bonds is 9. The fraction of sp³-hybridized carbons (Fsp3) is 0.378. The van der Waals surface area contributed by atoms with Crippen LogP contribution >= 0.6 is 23.2 Å². The van der Waals surface area contributed by atoms with E-state index in [4.69, 9.17) is 27.9 Å². The topological polar surface area (TPSA) is 89.6 Å². The number of benzene rings is 2. The largest absolute Gasteiger partial charge is 0.498 e. The van der Waals surface area contributed by atoms with Crippen molar-refractivity contribution in [1.29, 1.82) is 0 Å². The van der Waals surface area contributed by atoms with Crippen LogP contribution in [-0.4, -0.2) is 48.9 Å². The van der Waals surface area contributed by atoms with Gasteiger partial charge in [0, 0.05) is 59.8 Å². The quantitative estimate of drug-likeness (QED) is 0.180. The molecular weight excluding hydrogens is 635 g/mol. The molecule has 0 bridgehead atoms. The molecule has 1 aliphatic carbocycles. The molecule has 2 atom stereocenters. The van der Waals surface area contributed by atoms with Gasteiger partial charge in [0.15, 0.2) is 0 Å². The minimum atomic E-state index is -0.977. The Kier molecular flexibility index (Phi) is 9.02. The average Bonchev–Trinajstić information content (AvgIpc) is 3.47. The Hall–Kier alpha value is -4.01. The zero-order chi connectivity index (χ0) is 33.7. The Morgan fingerprint density at radius 3 is 2.43 bits per heavy atom. The van der Waals surface area contributed by atoms with Gasteiger partial charge in [-0.1, -0.05) is 48.3 Å². The number of aromatic carboxylic acids is 1. The molecule has 4 aromatic rings. The Labute approximate surface area is 285 Å². The molecule has 1 unspecified atom stereocenters. The molecule has 0 saturated carbocycles. The van der Waals surface area contributed by atoms with Crippen LogP contribution in [0.4, 0.5) is 0 Å². The molecule has 0 fully saturated rings. The third-order valence-electron chi connectivity index (χ3n) is 9.59. The van der Waals surface area contributed by atoms with Gasteiger partial charge in [-0.25, -0.2) is 4.79 Å². The average molecular weight is 676 g/mol. The second-order valence-electron chi connectivity index (χ2n) is 12.9. The molecular formula is C37H40Cl2N4O4. The first-order valence-electron chi connectivity index (χ1n) is 16.0. The summed E-state index contributed by atoms with van der Waals surface area (Å²) in [5.41, 5.74) is 8.49. The van der Waals surface area contributed by atoms with Gasteiger partial charge in [0.05, 0.1) is 34.2 Å². The molecule has 1 N–H and O–H groups in total. The number of hydrogen-bond acceptors (Lipinski definition) is 4. The molecule has 2 aromatic carbocycles. The highest BCUT2D eigenvalue weighted by Crippen LogP contribution is 2.43. The summed E-state index contributed by atoms with van der Waals surface area (Å²) < 4.78 is 10.3. The molecule has 47 heavy (non-hydrogen) atoms. The Balaban J connectivity index is 1.40. The zero-order valence-corrected chi connectivity index (χ0v) is 29.2. The van der Waals surface area contributed by atoms with Crippen LogP contribution < -0.4 is 0 Å². The lowest BCUT2D eigenvalue weighted by atomic mass is 9.97. The molecule has 2 aromatic heterocycles. The monoisotopic (exact) mass is 674 g/mol. The second-order valence-corrected chi connectivity index (χ2v) is 13.7. The van der Waals surface area contributed by atoms with Gasteiger partial charge in [0.25, 0.3) is 5.91 Å². The van der Waals surface area contributed by atoms with Crippen molar-refractivity contribution in [3.63, 3.8) is 0 Å². The fourth-order valence-electron chi connectivity index (χ4n) is 7.12.